The minimum absolute atomic E-state index is 0.105. The summed E-state index contributed by atoms with van der Waals surface area (Å²) in [5.74, 6) is -0.589. The van der Waals surface area contributed by atoms with Crippen molar-refractivity contribution in [2.24, 2.45) is 0 Å². The van der Waals surface area contributed by atoms with Crippen molar-refractivity contribution >= 4 is 28.6 Å². The SMILES string of the molecule is CCc1ccc([C@@H]2c3[nH]c4ccccc4c3C[C@H]3C(=O)N(CC(=O)NC(C)(C)C)CC(=O)N23)cc1. The molecular formula is C28H32N4O3. The summed E-state index contributed by atoms with van der Waals surface area (Å²) in [6.07, 6.45) is 1.35. The van der Waals surface area contributed by atoms with Crippen LogP contribution in [0.2, 0.25) is 0 Å². The van der Waals surface area contributed by atoms with Gasteiger partial charge < -0.3 is 20.1 Å². The van der Waals surface area contributed by atoms with Gasteiger partial charge in [-0.3, -0.25) is 14.4 Å². The lowest BCUT2D eigenvalue weighted by atomic mass is 9.86. The van der Waals surface area contributed by atoms with Crippen molar-refractivity contribution in [3.8, 4) is 0 Å². The van der Waals surface area contributed by atoms with Crippen LogP contribution in [0.4, 0.5) is 0 Å². The maximum absolute atomic E-state index is 13.7. The second kappa shape index (κ2) is 8.56. The van der Waals surface area contributed by atoms with Crippen LogP contribution in [0.3, 0.4) is 0 Å². The zero-order valence-corrected chi connectivity index (χ0v) is 20.7. The van der Waals surface area contributed by atoms with Crippen LogP contribution in [0.25, 0.3) is 10.9 Å². The van der Waals surface area contributed by atoms with Gasteiger partial charge in [-0.15, -0.1) is 0 Å². The molecule has 0 saturated carbocycles. The third-order valence-corrected chi connectivity index (χ3v) is 6.89. The third-order valence-electron chi connectivity index (χ3n) is 6.89. The van der Waals surface area contributed by atoms with Gasteiger partial charge in [-0.25, -0.2) is 0 Å². The van der Waals surface area contributed by atoms with E-state index in [-0.39, 0.29) is 36.9 Å². The molecule has 7 heteroatoms. The first-order chi connectivity index (χ1) is 16.7. The number of carbonyl (C=O) groups is 3. The Morgan fingerprint density at radius 1 is 1.09 bits per heavy atom. The molecule has 0 radical (unpaired) electrons. The average Bonchev–Trinajstić information content (AvgIpc) is 3.18. The van der Waals surface area contributed by atoms with Crippen LogP contribution in [0, 0.1) is 0 Å². The number of nitrogens with one attached hydrogen (secondary N) is 2. The molecule has 5 rings (SSSR count). The molecule has 1 fully saturated rings. The van der Waals surface area contributed by atoms with Crippen molar-refractivity contribution in [3.05, 3.63) is 70.9 Å². The van der Waals surface area contributed by atoms with Gasteiger partial charge in [0.05, 0.1) is 6.04 Å². The number of aromatic nitrogens is 1. The lowest BCUT2D eigenvalue weighted by Gasteiger charge is -2.47. The van der Waals surface area contributed by atoms with Crippen LogP contribution in [0.5, 0.6) is 0 Å². The fraction of sp³-hybridized carbons (Fsp3) is 0.393. The van der Waals surface area contributed by atoms with E-state index >= 15 is 0 Å². The molecule has 3 heterocycles. The molecule has 0 aliphatic carbocycles. The standard InChI is InChI=1S/C28H32N4O3/c1-5-17-10-12-18(13-11-17)26-25-20(19-8-6-7-9-21(19)29-25)14-22-27(35)31(16-24(34)32(22)26)15-23(33)30-28(2,3)4/h6-13,22,26,29H,5,14-16H2,1-4H3,(H,30,33)/t22-,26+/m0/s1. The van der Waals surface area contributed by atoms with Gasteiger partial charge in [-0.2, -0.15) is 0 Å². The molecule has 0 bridgehead atoms. The van der Waals surface area contributed by atoms with Crippen LogP contribution in [0.1, 0.15) is 56.1 Å². The van der Waals surface area contributed by atoms with E-state index in [1.807, 2.05) is 39.0 Å². The third kappa shape index (κ3) is 4.20. The Kier molecular flexibility index (Phi) is 5.66. The molecule has 3 amide bonds. The second-order valence-corrected chi connectivity index (χ2v) is 10.6. The fourth-order valence-corrected chi connectivity index (χ4v) is 5.37. The van der Waals surface area contributed by atoms with Gasteiger partial charge in [0.1, 0.15) is 19.1 Å². The number of aryl methyl sites for hydroxylation is 1. The van der Waals surface area contributed by atoms with Crippen LogP contribution >= 0.6 is 0 Å². The number of piperazine rings is 1. The van der Waals surface area contributed by atoms with E-state index in [2.05, 4.69) is 47.6 Å². The molecule has 1 aromatic heterocycles. The number of para-hydroxylation sites is 1. The minimum atomic E-state index is -0.652. The first-order valence-corrected chi connectivity index (χ1v) is 12.3. The molecule has 182 valence electrons. The summed E-state index contributed by atoms with van der Waals surface area (Å²) in [5.41, 5.74) is 4.80. The Morgan fingerprint density at radius 3 is 2.49 bits per heavy atom. The molecule has 0 unspecified atom stereocenters. The molecule has 7 nitrogen and oxygen atoms in total. The van der Waals surface area contributed by atoms with Gasteiger partial charge in [0.25, 0.3) is 0 Å². The first-order valence-electron chi connectivity index (χ1n) is 12.3. The molecule has 2 atom stereocenters. The lowest BCUT2D eigenvalue weighted by Crippen LogP contribution is -2.64. The summed E-state index contributed by atoms with van der Waals surface area (Å²) in [5, 5.41) is 3.96. The largest absolute Gasteiger partial charge is 0.356 e. The number of fused-ring (bicyclic) bond motifs is 4. The molecule has 0 spiro atoms. The van der Waals surface area contributed by atoms with E-state index in [1.165, 1.54) is 10.5 Å². The van der Waals surface area contributed by atoms with Crippen molar-refractivity contribution in [1.82, 2.24) is 20.1 Å². The van der Waals surface area contributed by atoms with Gasteiger partial charge in [0.15, 0.2) is 0 Å². The summed E-state index contributed by atoms with van der Waals surface area (Å²) in [4.78, 5) is 46.5. The normalized spacial score (nSPS) is 20.1. The Labute approximate surface area is 205 Å². The van der Waals surface area contributed by atoms with Crippen molar-refractivity contribution in [2.45, 2.75) is 58.2 Å². The summed E-state index contributed by atoms with van der Waals surface area (Å²) in [7, 11) is 0. The molecule has 1 saturated heterocycles. The predicted octanol–water partition coefficient (Wildman–Crippen LogP) is 3.33. The van der Waals surface area contributed by atoms with Crippen LogP contribution in [0.15, 0.2) is 48.5 Å². The minimum Gasteiger partial charge on any atom is -0.356 e. The zero-order chi connectivity index (χ0) is 24.9. The topological polar surface area (TPSA) is 85.5 Å². The van der Waals surface area contributed by atoms with Crippen molar-refractivity contribution in [1.29, 1.82) is 0 Å². The number of hydrogen-bond donors (Lipinski definition) is 2. The highest BCUT2D eigenvalue weighted by Gasteiger charge is 2.48. The van der Waals surface area contributed by atoms with E-state index in [9.17, 15) is 14.4 Å². The Morgan fingerprint density at radius 2 is 1.80 bits per heavy atom. The van der Waals surface area contributed by atoms with Gasteiger partial charge in [-0.1, -0.05) is 49.4 Å². The molecule has 2 aliphatic heterocycles. The van der Waals surface area contributed by atoms with E-state index < -0.39 is 11.6 Å². The highest BCUT2D eigenvalue weighted by atomic mass is 16.2. The number of benzene rings is 2. The summed E-state index contributed by atoms with van der Waals surface area (Å²) >= 11 is 0. The maximum Gasteiger partial charge on any atom is 0.246 e. The smallest absolute Gasteiger partial charge is 0.246 e. The number of H-pyrrole nitrogens is 1. The number of aromatic amines is 1. The molecule has 2 aliphatic rings. The quantitative estimate of drug-likeness (QED) is 0.611. The van der Waals surface area contributed by atoms with Crippen LogP contribution in [-0.4, -0.2) is 57.2 Å². The van der Waals surface area contributed by atoms with Crippen LogP contribution < -0.4 is 5.32 Å². The monoisotopic (exact) mass is 472 g/mol. The highest BCUT2D eigenvalue weighted by Crippen LogP contribution is 2.42. The van der Waals surface area contributed by atoms with E-state index in [0.717, 1.165) is 34.1 Å². The lowest BCUT2D eigenvalue weighted by molar-refractivity contribution is -0.159. The maximum atomic E-state index is 13.7. The van der Waals surface area contributed by atoms with Gasteiger partial charge in [0, 0.05) is 28.6 Å². The van der Waals surface area contributed by atoms with Gasteiger partial charge >= 0.3 is 0 Å². The molecule has 2 aromatic carbocycles. The number of rotatable bonds is 4. The Hall–Kier alpha value is -3.61. The summed E-state index contributed by atoms with van der Waals surface area (Å²) < 4.78 is 0. The molecular weight excluding hydrogens is 440 g/mol. The van der Waals surface area contributed by atoms with E-state index in [4.69, 9.17) is 0 Å². The highest BCUT2D eigenvalue weighted by molar-refractivity contribution is 5.99. The molecule has 3 aromatic rings. The van der Waals surface area contributed by atoms with Crippen molar-refractivity contribution in [2.75, 3.05) is 13.1 Å². The first kappa shape index (κ1) is 23.1. The predicted molar refractivity (Wildman–Crippen MR) is 135 cm³/mol. The Bertz CT molecular complexity index is 1300. The summed E-state index contributed by atoms with van der Waals surface area (Å²) in [6.45, 7) is 7.56. The van der Waals surface area contributed by atoms with E-state index in [0.29, 0.717) is 6.42 Å². The number of nitrogens with zero attached hydrogens (tertiary/aromatic N) is 2. The molecule has 35 heavy (non-hydrogen) atoms. The number of carbonyl (C=O) groups excluding carboxylic acids is 3. The second-order valence-electron chi connectivity index (χ2n) is 10.6. The summed E-state index contributed by atoms with van der Waals surface area (Å²) in [6, 6.07) is 15.3. The Balaban J connectivity index is 1.56. The van der Waals surface area contributed by atoms with Gasteiger partial charge in [0.2, 0.25) is 17.7 Å². The van der Waals surface area contributed by atoms with Crippen molar-refractivity contribution < 1.29 is 14.4 Å². The molecule has 2 N–H and O–H groups in total. The van der Waals surface area contributed by atoms with Gasteiger partial charge in [-0.05, 0) is 49.9 Å². The van der Waals surface area contributed by atoms with E-state index in [1.54, 1.807) is 4.90 Å². The average molecular weight is 473 g/mol. The zero-order valence-electron chi connectivity index (χ0n) is 20.7. The number of amides is 3. The number of hydrogen-bond acceptors (Lipinski definition) is 3. The van der Waals surface area contributed by atoms with Crippen molar-refractivity contribution in [3.63, 3.8) is 0 Å². The fourth-order valence-electron chi connectivity index (χ4n) is 5.37. The van der Waals surface area contributed by atoms with Crippen LogP contribution in [-0.2, 0) is 27.2 Å².